The zero-order valence-corrected chi connectivity index (χ0v) is 22.0. The Morgan fingerprint density at radius 1 is 1.08 bits per heavy atom. The van der Waals surface area contributed by atoms with Crippen molar-refractivity contribution < 1.29 is 14.3 Å². The van der Waals surface area contributed by atoms with Crippen molar-refractivity contribution in [3.8, 4) is 5.75 Å². The number of β-amino-alcohol motifs (C(OH)–C–C–N with tert-alkyl or cyclic N) is 1. The van der Waals surface area contributed by atoms with Gasteiger partial charge in [0.25, 0.3) is 0 Å². The normalized spacial score (nSPS) is 16.8. The molecule has 6 nitrogen and oxygen atoms in total. The maximum absolute atomic E-state index is 12.9. The van der Waals surface area contributed by atoms with Crippen molar-refractivity contribution in [1.82, 2.24) is 10.2 Å². The van der Waals surface area contributed by atoms with E-state index < -0.39 is 6.10 Å². The van der Waals surface area contributed by atoms with Crippen LogP contribution in [0.15, 0.2) is 75.9 Å². The zero-order chi connectivity index (χ0) is 23.5. The molecule has 0 amide bonds. The molecule has 0 radical (unpaired) electrons. The van der Waals surface area contributed by atoms with Gasteiger partial charge < -0.3 is 19.6 Å². The van der Waals surface area contributed by atoms with Gasteiger partial charge in [0.05, 0.1) is 10.8 Å². The van der Waals surface area contributed by atoms with E-state index in [1.807, 2.05) is 6.07 Å². The van der Waals surface area contributed by atoms with Crippen LogP contribution < -0.4 is 15.5 Å². The van der Waals surface area contributed by atoms with E-state index in [1.54, 1.807) is 36.4 Å². The molecular weight excluding hydrogens is 523 g/mol. The fourth-order valence-electron chi connectivity index (χ4n) is 4.58. The number of nitrogens with one attached hydrogen (secondary N) is 1. The minimum atomic E-state index is -0.687. The van der Waals surface area contributed by atoms with E-state index in [0.29, 0.717) is 45.3 Å². The number of para-hydroxylation sites is 1. The number of hydrogen-bond acceptors (Lipinski definition) is 6. The van der Waals surface area contributed by atoms with Crippen molar-refractivity contribution in [3.05, 3.63) is 87.5 Å². The molecule has 192 valence electrons. The fraction of sp³-hybridized carbons (Fsp3) is 0.296. The Balaban J connectivity index is 0.00000180. The van der Waals surface area contributed by atoms with Gasteiger partial charge in [0.1, 0.15) is 18.3 Å². The molecule has 0 aliphatic carbocycles. The first-order chi connectivity index (χ1) is 16.6. The number of ether oxygens (including phenoxy) is 1. The smallest absolute Gasteiger partial charge is 0.200 e. The number of rotatable bonds is 7. The molecule has 0 saturated carbocycles. The van der Waals surface area contributed by atoms with Gasteiger partial charge in [-0.1, -0.05) is 48.0 Å². The van der Waals surface area contributed by atoms with Gasteiger partial charge in [-0.3, -0.25) is 9.69 Å². The minimum Gasteiger partial charge on any atom is -0.487 e. The summed E-state index contributed by atoms with van der Waals surface area (Å²) in [6.45, 7) is 3.24. The Kier molecular flexibility index (Phi) is 10.0. The van der Waals surface area contributed by atoms with Crippen LogP contribution in [0.5, 0.6) is 5.75 Å². The van der Waals surface area contributed by atoms with Crippen LogP contribution in [0.2, 0.25) is 5.02 Å². The van der Waals surface area contributed by atoms with E-state index in [-0.39, 0.29) is 36.8 Å². The summed E-state index contributed by atoms with van der Waals surface area (Å²) in [7, 11) is 0. The molecule has 1 aromatic heterocycles. The van der Waals surface area contributed by atoms with Crippen LogP contribution in [-0.2, 0) is 6.42 Å². The number of aliphatic hydroxyl groups excluding tert-OH is 1. The van der Waals surface area contributed by atoms with Gasteiger partial charge in [0.15, 0.2) is 11.3 Å². The average molecular weight is 552 g/mol. The van der Waals surface area contributed by atoms with Crippen molar-refractivity contribution in [3.63, 3.8) is 0 Å². The Morgan fingerprint density at radius 2 is 1.89 bits per heavy atom. The molecule has 2 N–H and O–H groups in total. The molecule has 0 spiro atoms. The van der Waals surface area contributed by atoms with Crippen LogP contribution in [-0.4, -0.2) is 54.9 Å². The van der Waals surface area contributed by atoms with Crippen LogP contribution in [0.3, 0.4) is 0 Å². The molecule has 9 heteroatoms. The van der Waals surface area contributed by atoms with Gasteiger partial charge in [-0.25, -0.2) is 0 Å². The molecule has 3 aromatic carbocycles. The molecular formula is C27H29Cl3N2O4. The van der Waals surface area contributed by atoms with Crippen LogP contribution in [0.1, 0.15) is 5.56 Å². The molecule has 1 fully saturated rings. The van der Waals surface area contributed by atoms with Crippen LogP contribution in [0.25, 0.3) is 21.9 Å². The van der Waals surface area contributed by atoms with Crippen LogP contribution >= 0.6 is 36.4 Å². The van der Waals surface area contributed by atoms with Crippen molar-refractivity contribution in [2.24, 2.45) is 0 Å². The lowest BCUT2D eigenvalue weighted by molar-refractivity contribution is 0.0441. The van der Waals surface area contributed by atoms with Crippen LogP contribution in [0, 0.1) is 0 Å². The second-order valence-corrected chi connectivity index (χ2v) is 9.15. The molecule has 1 saturated heterocycles. The molecule has 2 heterocycles. The molecule has 5 rings (SSSR count). The Morgan fingerprint density at radius 3 is 2.69 bits per heavy atom. The summed E-state index contributed by atoms with van der Waals surface area (Å²) in [6.07, 6.45) is 0.235. The highest BCUT2D eigenvalue weighted by Crippen LogP contribution is 2.28. The largest absolute Gasteiger partial charge is 0.487 e. The number of fused-ring (bicyclic) bond motifs is 2. The highest BCUT2D eigenvalue weighted by molar-refractivity contribution is 6.31. The lowest BCUT2D eigenvalue weighted by Crippen LogP contribution is -2.54. The number of aliphatic hydroxyl groups is 1. The Labute approximate surface area is 227 Å². The lowest BCUT2D eigenvalue weighted by atomic mass is 10.0. The van der Waals surface area contributed by atoms with E-state index in [9.17, 15) is 9.90 Å². The third kappa shape index (κ3) is 6.32. The van der Waals surface area contributed by atoms with E-state index in [2.05, 4.69) is 34.5 Å². The number of halogens is 3. The van der Waals surface area contributed by atoms with Crippen molar-refractivity contribution in [2.45, 2.75) is 18.6 Å². The topological polar surface area (TPSA) is 74.9 Å². The van der Waals surface area contributed by atoms with Gasteiger partial charge in [0.2, 0.25) is 5.43 Å². The molecule has 1 aliphatic rings. The number of benzene rings is 3. The minimum absolute atomic E-state index is 0. The number of piperazine rings is 1. The maximum atomic E-state index is 12.9. The predicted molar refractivity (Wildman–Crippen MR) is 149 cm³/mol. The van der Waals surface area contributed by atoms with E-state index in [1.165, 1.54) is 5.56 Å². The highest BCUT2D eigenvalue weighted by Gasteiger charge is 2.25. The average Bonchev–Trinajstić information content (AvgIpc) is 2.85. The summed E-state index contributed by atoms with van der Waals surface area (Å²) in [5.74, 6) is 0.427. The van der Waals surface area contributed by atoms with E-state index >= 15 is 0 Å². The third-order valence-corrected chi connectivity index (χ3v) is 6.52. The first-order valence-corrected chi connectivity index (χ1v) is 11.9. The second kappa shape index (κ2) is 12.8. The number of nitrogens with zero attached hydrogens (tertiary/aromatic N) is 1. The second-order valence-electron chi connectivity index (χ2n) is 8.71. The van der Waals surface area contributed by atoms with Gasteiger partial charge in [-0.2, -0.15) is 0 Å². The molecule has 1 aliphatic heterocycles. The van der Waals surface area contributed by atoms with Gasteiger partial charge in [-0.05, 0) is 36.2 Å². The lowest BCUT2D eigenvalue weighted by Gasteiger charge is -2.37. The molecule has 2 unspecified atom stereocenters. The summed E-state index contributed by atoms with van der Waals surface area (Å²) in [5, 5.41) is 15.6. The third-order valence-electron chi connectivity index (χ3n) is 6.29. The highest BCUT2D eigenvalue weighted by atomic mass is 35.5. The summed E-state index contributed by atoms with van der Waals surface area (Å²) in [6, 6.07) is 20.9. The standard InChI is InChI=1S/C27H27ClN2O4.2ClH/c28-19-9-10-22-25(14-19)34-27-23(26(22)32)7-4-8-24(27)33-17-21(31)16-30-12-11-29-15-20(30)13-18-5-2-1-3-6-18;;/h1-10,14,20-21,29,31H,11-13,15-17H2;2*1H. The maximum Gasteiger partial charge on any atom is 0.200 e. The number of hydrogen-bond donors (Lipinski definition) is 2. The quantitative estimate of drug-likeness (QED) is 0.324. The molecule has 0 bridgehead atoms. The predicted octanol–water partition coefficient (Wildman–Crippen LogP) is 4.70. The summed E-state index contributed by atoms with van der Waals surface area (Å²) in [5.41, 5.74) is 1.92. The first kappa shape index (κ1) is 28.3. The van der Waals surface area contributed by atoms with Crippen molar-refractivity contribution in [2.75, 3.05) is 32.8 Å². The SMILES string of the molecule is Cl.Cl.O=c1c2ccc(Cl)cc2oc2c(OCC(O)CN3CCNCC3Cc3ccccc3)cccc12. The molecule has 4 aromatic rings. The van der Waals surface area contributed by atoms with Gasteiger partial charge in [-0.15, -0.1) is 24.8 Å². The van der Waals surface area contributed by atoms with Crippen molar-refractivity contribution in [1.29, 1.82) is 0 Å². The van der Waals surface area contributed by atoms with Gasteiger partial charge in [0, 0.05) is 43.3 Å². The van der Waals surface area contributed by atoms with Crippen LogP contribution in [0.4, 0.5) is 0 Å². The van der Waals surface area contributed by atoms with Gasteiger partial charge >= 0.3 is 0 Å². The molecule has 2 atom stereocenters. The van der Waals surface area contributed by atoms with E-state index in [4.69, 9.17) is 20.8 Å². The summed E-state index contributed by atoms with van der Waals surface area (Å²) in [4.78, 5) is 15.2. The zero-order valence-electron chi connectivity index (χ0n) is 19.6. The summed E-state index contributed by atoms with van der Waals surface area (Å²) < 4.78 is 11.9. The Hall–Kier alpha value is -2.32. The monoisotopic (exact) mass is 550 g/mol. The van der Waals surface area contributed by atoms with E-state index in [0.717, 1.165) is 26.1 Å². The first-order valence-electron chi connectivity index (χ1n) is 11.5. The molecule has 36 heavy (non-hydrogen) atoms. The van der Waals surface area contributed by atoms with Crippen molar-refractivity contribution >= 4 is 58.4 Å². The summed E-state index contributed by atoms with van der Waals surface area (Å²) >= 11 is 6.08. The Bertz CT molecular complexity index is 1350. The fourth-order valence-corrected chi connectivity index (χ4v) is 4.74.